The first-order chi connectivity index (χ1) is 11.0. The third-order valence-electron chi connectivity index (χ3n) is 4.76. The molecule has 0 amide bonds. The van der Waals surface area contributed by atoms with Crippen LogP contribution >= 0.6 is 0 Å². The van der Waals surface area contributed by atoms with E-state index >= 15 is 0 Å². The number of rotatable bonds is 17. The molecule has 0 radical (unpaired) electrons. The molecule has 0 aliphatic heterocycles. The van der Waals surface area contributed by atoms with Gasteiger partial charge in [0.05, 0.1) is 27.7 Å². The first kappa shape index (κ1) is 22.9. The third-order valence-corrected chi connectivity index (χ3v) is 4.76. The molecule has 23 heavy (non-hydrogen) atoms. The highest BCUT2D eigenvalue weighted by atomic mass is 15.3. The van der Waals surface area contributed by atoms with Gasteiger partial charge in [-0.2, -0.15) is 0 Å². The zero-order valence-electron chi connectivity index (χ0n) is 17.2. The molecule has 0 aromatic carbocycles. The van der Waals surface area contributed by atoms with E-state index in [0.29, 0.717) is 0 Å². The minimum atomic E-state index is 1.09. The molecular weight excluding hydrogens is 280 g/mol. The zero-order valence-corrected chi connectivity index (χ0v) is 17.2. The van der Waals surface area contributed by atoms with Crippen molar-refractivity contribution in [2.45, 2.75) is 90.4 Å². The smallest absolute Gasteiger partial charge is 0.0792 e. The first-order valence-corrected chi connectivity index (χ1v) is 10.4. The Labute approximate surface area is 148 Å². The van der Waals surface area contributed by atoms with Gasteiger partial charge in [-0.15, -0.1) is 0 Å². The lowest BCUT2D eigenvalue weighted by atomic mass is 10.1. The molecule has 0 bridgehead atoms. The van der Waals surface area contributed by atoms with Crippen molar-refractivity contribution in [2.75, 3.05) is 47.8 Å². The summed E-state index contributed by atoms with van der Waals surface area (Å²) in [5, 5.41) is 0. The molecule has 0 fully saturated rings. The lowest BCUT2D eigenvalue weighted by Gasteiger charge is -2.25. The van der Waals surface area contributed by atoms with Gasteiger partial charge in [-0.25, -0.2) is 0 Å². The predicted molar refractivity (Wildman–Crippen MR) is 106 cm³/mol. The van der Waals surface area contributed by atoms with Crippen LogP contribution in [0.4, 0.5) is 0 Å². The Morgan fingerprint density at radius 2 is 0.957 bits per heavy atom. The molecule has 0 unspecified atom stereocenters. The monoisotopic (exact) mass is 327 g/mol. The van der Waals surface area contributed by atoms with Gasteiger partial charge in [-0.1, -0.05) is 77.6 Å². The molecule has 0 spiro atoms. The van der Waals surface area contributed by atoms with Crippen molar-refractivity contribution in [3.05, 3.63) is 0 Å². The van der Waals surface area contributed by atoms with Gasteiger partial charge in [-0.05, 0) is 20.0 Å². The van der Waals surface area contributed by atoms with Gasteiger partial charge in [0, 0.05) is 13.0 Å². The van der Waals surface area contributed by atoms with Crippen molar-refractivity contribution in [1.82, 2.24) is 4.90 Å². The number of hydrogen-bond acceptors (Lipinski definition) is 1. The van der Waals surface area contributed by atoms with E-state index in [9.17, 15) is 0 Å². The van der Waals surface area contributed by atoms with Crippen LogP contribution in [0.1, 0.15) is 90.4 Å². The molecule has 0 rings (SSSR count). The number of quaternary nitrogens is 1. The molecule has 0 saturated carbocycles. The second-order valence-electron chi connectivity index (χ2n) is 8.56. The minimum absolute atomic E-state index is 1.09. The second kappa shape index (κ2) is 15.4. The van der Waals surface area contributed by atoms with Crippen molar-refractivity contribution in [3.8, 4) is 0 Å². The average molecular weight is 328 g/mol. The van der Waals surface area contributed by atoms with Gasteiger partial charge in [0.2, 0.25) is 0 Å². The van der Waals surface area contributed by atoms with Crippen LogP contribution < -0.4 is 0 Å². The van der Waals surface area contributed by atoms with Crippen LogP contribution in [0, 0.1) is 0 Å². The van der Waals surface area contributed by atoms with Gasteiger partial charge in [0.15, 0.2) is 0 Å². The Balaban J connectivity index is 3.17. The van der Waals surface area contributed by atoms with Gasteiger partial charge in [-0.3, -0.25) is 0 Å². The van der Waals surface area contributed by atoms with E-state index in [1.807, 2.05) is 0 Å². The van der Waals surface area contributed by atoms with E-state index in [0.717, 1.165) is 4.48 Å². The normalized spacial score (nSPS) is 12.3. The van der Waals surface area contributed by atoms with E-state index in [1.165, 1.54) is 103 Å². The Bertz CT molecular complexity index is 232. The number of nitrogens with zero attached hydrogens (tertiary/aromatic N) is 2. The molecule has 0 aliphatic rings. The first-order valence-electron chi connectivity index (χ1n) is 10.4. The van der Waals surface area contributed by atoms with Crippen LogP contribution in [0.2, 0.25) is 0 Å². The summed E-state index contributed by atoms with van der Waals surface area (Å²) in [6.07, 6.45) is 18.6. The van der Waals surface area contributed by atoms with Gasteiger partial charge in [0.25, 0.3) is 0 Å². The van der Waals surface area contributed by atoms with Crippen LogP contribution in [0.25, 0.3) is 0 Å². The molecule has 2 heteroatoms. The second-order valence-corrected chi connectivity index (χ2v) is 8.56. The molecule has 140 valence electrons. The van der Waals surface area contributed by atoms with E-state index in [1.54, 1.807) is 0 Å². The molecule has 0 heterocycles. The van der Waals surface area contributed by atoms with Crippen LogP contribution in [0.3, 0.4) is 0 Å². The summed E-state index contributed by atoms with van der Waals surface area (Å²) in [6.45, 7) is 6.12. The molecule has 0 aromatic heterocycles. The van der Waals surface area contributed by atoms with E-state index in [-0.39, 0.29) is 0 Å². The van der Waals surface area contributed by atoms with Crippen molar-refractivity contribution in [1.29, 1.82) is 0 Å². The molecule has 0 aromatic rings. The van der Waals surface area contributed by atoms with Crippen LogP contribution in [0.15, 0.2) is 0 Å². The molecular formula is C21H47N2+. The minimum Gasteiger partial charge on any atom is -0.331 e. The average Bonchev–Trinajstić information content (AvgIpc) is 2.47. The topological polar surface area (TPSA) is 3.24 Å². The Hall–Kier alpha value is -0.0800. The van der Waals surface area contributed by atoms with E-state index < -0.39 is 0 Å². The third kappa shape index (κ3) is 19.9. The highest BCUT2D eigenvalue weighted by Gasteiger charge is 2.07. The van der Waals surface area contributed by atoms with Crippen molar-refractivity contribution < 1.29 is 4.48 Å². The fourth-order valence-electron chi connectivity index (χ4n) is 3.15. The van der Waals surface area contributed by atoms with Crippen molar-refractivity contribution in [2.24, 2.45) is 0 Å². The summed E-state index contributed by atoms with van der Waals surface area (Å²) in [7, 11) is 9.13. The Kier molecular flexibility index (Phi) is 15.4. The maximum absolute atomic E-state index is 2.52. The molecule has 2 nitrogen and oxygen atoms in total. The van der Waals surface area contributed by atoms with Gasteiger partial charge < -0.3 is 9.38 Å². The maximum Gasteiger partial charge on any atom is 0.0792 e. The standard InChI is InChI=1S/C21H47N2/c1-6-7-8-9-10-11-12-13-14-15-16-17-19-22(2)20-18-21-23(3,4)5/h6-21H2,1-5H3/q+1. The van der Waals surface area contributed by atoms with E-state index in [2.05, 4.69) is 40.0 Å². The maximum atomic E-state index is 2.52. The van der Waals surface area contributed by atoms with E-state index in [4.69, 9.17) is 0 Å². The highest BCUT2D eigenvalue weighted by Crippen LogP contribution is 2.12. The number of hydrogen-bond donors (Lipinski definition) is 0. The molecule has 0 N–H and O–H groups in total. The van der Waals surface area contributed by atoms with Crippen LogP contribution in [-0.4, -0.2) is 57.2 Å². The summed E-state index contributed by atoms with van der Waals surface area (Å²) in [5.74, 6) is 0. The van der Waals surface area contributed by atoms with Gasteiger partial charge in [0.1, 0.15) is 0 Å². The summed E-state index contributed by atoms with van der Waals surface area (Å²) in [6, 6.07) is 0. The quantitative estimate of drug-likeness (QED) is 0.244. The molecule has 0 saturated heterocycles. The fourth-order valence-corrected chi connectivity index (χ4v) is 3.15. The fraction of sp³-hybridized carbons (Fsp3) is 1.00. The van der Waals surface area contributed by atoms with Crippen LogP contribution in [0.5, 0.6) is 0 Å². The van der Waals surface area contributed by atoms with Gasteiger partial charge >= 0.3 is 0 Å². The highest BCUT2D eigenvalue weighted by molar-refractivity contribution is 4.53. The summed E-state index contributed by atoms with van der Waals surface area (Å²) < 4.78 is 1.09. The van der Waals surface area contributed by atoms with Crippen LogP contribution in [-0.2, 0) is 0 Å². The molecule has 0 atom stereocenters. The predicted octanol–water partition coefficient (Wildman–Crippen LogP) is 5.72. The molecule has 0 aliphatic carbocycles. The summed E-state index contributed by atoms with van der Waals surface area (Å²) >= 11 is 0. The number of unbranched alkanes of at least 4 members (excludes halogenated alkanes) is 11. The SMILES string of the molecule is CCCCCCCCCCCCCCN(C)CCC[N+](C)(C)C. The Morgan fingerprint density at radius 1 is 0.565 bits per heavy atom. The van der Waals surface area contributed by atoms with Crippen molar-refractivity contribution in [3.63, 3.8) is 0 Å². The zero-order chi connectivity index (χ0) is 17.4. The largest absolute Gasteiger partial charge is 0.331 e. The summed E-state index contributed by atoms with van der Waals surface area (Å²) in [4.78, 5) is 2.52. The summed E-state index contributed by atoms with van der Waals surface area (Å²) in [5.41, 5.74) is 0. The lowest BCUT2D eigenvalue weighted by Crippen LogP contribution is -2.37. The van der Waals surface area contributed by atoms with Crippen molar-refractivity contribution >= 4 is 0 Å². The lowest BCUT2D eigenvalue weighted by molar-refractivity contribution is -0.870. The Morgan fingerprint density at radius 3 is 1.39 bits per heavy atom.